The van der Waals surface area contributed by atoms with Crippen molar-refractivity contribution >= 4 is 11.4 Å². The molecule has 1 heterocycles. The Bertz CT molecular complexity index is 317. The number of Topliss-reactive ketones (excluding diaryl/α,β-unsaturated/α-hetero) is 1. The Kier molecular flexibility index (Phi) is 3.20. The molecule has 0 bridgehead atoms. The molecule has 68 valence electrons. The lowest BCUT2D eigenvalue weighted by molar-refractivity contribution is -0.111. The first-order valence-corrected chi connectivity index (χ1v) is 3.90. The van der Waals surface area contributed by atoms with Gasteiger partial charge in [-0.25, -0.2) is 0 Å². The summed E-state index contributed by atoms with van der Waals surface area (Å²) in [5, 5.41) is 0. The third-order valence-electron chi connectivity index (χ3n) is 1.61. The fourth-order valence-corrected chi connectivity index (χ4v) is 1.00. The van der Waals surface area contributed by atoms with Crippen LogP contribution >= 0.6 is 0 Å². The predicted octanol–water partition coefficient (Wildman–Crippen LogP) is 1.66. The minimum atomic E-state index is -0.0203. The van der Waals surface area contributed by atoms with E-state index >= 15 is 0 Å². The molecule has 0 atom stereocenters. The van der Waals surface area contributed by atoms with Gasteiger partial charge in [-0.15, -0.1) is 0 Å². The van der Waals surface area contributed by atoms with Gasteiger partial charge in [0.05, 0.1) is 18.9 Å². The Morgan fingerprint density at radius 1 is 1.46 bits per heavy atom. The van der Waals surface area contributed by atoms with Gasteiger partial charge < -0.3 is 4.74 Å². The second kappa shape index (κ2) is 4.40. The minimum Gasteiger partial charge on any atom is -0.504 e. The van der Waals surface area contributed by atoms with Gasteiger partial charge in [-0.05, 0) is 24.6 Å². The summed E-state index contributed by atoms with van der Waals surface area (Å²) < 4.78 is 4.82. The number of ether oxygens (including phenoxy) is 1. The average Bonchev–Trinajstić information content (AvgIpc) is 2.15. The number of rotatable bonds is 3. The first-order chi connectivity index (χ1) is 6.25. The molecule has 1 aromatic heterocycles. The summed E-state index contributed by atoms with van der Waals surface area (Å²) >= 11 is 0. The Hall–Kier alpha value is -1.64. The highest BCUT2D eigenvalue weighted by Crippen LogP contribution is 2.13. The Morgan fingerprint density at radius 2 is 2.08 bits per heavy atom. The van der Waals surface area contributed by atoms with Gasteiger partial charge in [0.25, 0.3) is 0 Å². The maximum Gasteiger partial charge on any atom is 0.163 e. The van der Waals surface area contributed by atoms with Crippen molar-refractivity contribution in [2.24, 2.45) is 0 Å². The van der Waals surface area contributed by atoms with E-state index in [0.29, 0.717) is 5.57 Å². The summed E-state index contributed by atoms with van der Waals surface area (Å²) in [7, 11) is 1.52. The van der Waals surface area contributed by atoms with Crippen LogP contribution in [0.5, 0.6) is 0 Å². The number of carbonyl (C=O) groups excluding carboxylic acids is 1. The van der Waals surface area contributed by atoms with Crippen LogP contribution in [0.4, 0.5) is 0 Å². The molecule has 1 rings (SSSR count). The molecule has 0 saturated carbocycles. The van der Waals surface area contributed by atoms with Gasteiger partial charge in [-0.1, -0.05) is 0 Å². The number of methoxy groups -OCH3 is 1. The van der Waals surface area contributed by atoms with Crippen molar-refractivity contribution in [3.05, 3.63) is 36.4 Å². The first-order valence-electron chi connectivity index (χ1n) is 3.90. The highest BCUT2D eigenvalue weighted by atomic mass is 16.5. The molecule has 0 aliphatic rings. The molecule has 0 spiro atoms. The van der Waals surface area contributed by atoms with E-state index < -0.39 is 0 Å². The van der Waals surface area contributed by atoms with Crippen molar-refractivity contribution in [1.82, 2.24) is 4.98 Å². The average molecular weight is 177 g/mol. The molecule has 0 unspecified atom stereocenters. The maximum atomic E-state index is 11.2. The molecule has 3 nitrogen and oxygen atoms in total. The molecule has 3 heteroatoms. The standard InChI is InChI=1S/C10H11NO2/c1-8(12)10(7-13-2)9-3-5-11-6-4-9/h3-7H,1-2H3. The molecule has 0 aromatic carbocycles. The minimum absolute atomic E-state index is 0.0203. The van der Waals surface area contributed by atoms with Gasteiger partial charge in [0.2, 0.25) is 0 Å². The van der Waals surface area contributed by atoms with E-state index in [2.05, 4.69) is 4.98 Å². The van der Waals surface area contributed by atoms with Crippen molar-refractivity contribution in [2.45, 2.75) is 6.92 Å². The molecule has 0 amide bonds. The first kappa shape index (κ1) is 9.45. The van der Waals surface area contributed by atoms with Crippen LogP contribution in [-0.4, -0.2) is 17.9 Å². The third kappa shape index (κ3) is 2.40. The summed E-state index contributed by atoms with van der Waals surface area (Å²) in [6.07, 6.45) is 4.72. The topological polar surface area (TPSA) is 39.2 Å². The fourth-order valence-electron chi connectivity index (χ4n) is 1.00. The number of pyridine rings is 1. The molecule has 0 N–H and O–H groups in total. The summed E-state index contributed by atoms with van der Waals surface area (Å²) in [5.74, 6) is -0.0203. The molecule has 0 aliphatic heterocycles. The van der Waals surface area contributed by atoms with Crippen molar-refractivity contribution in [2.75, 3.05) is 7.11 Å². The maximum absolute atomic E-state index is 11.2. The highest BCUT2D eigenvalue weighted by molar-refractivity contribution is 6.19. The van der Waals surface area contributed by atoms with Crippen LogP contribution in [0.1, 0.15) is 12.5 Å². The lowest BCUT2D eigenvalue weighted by atomic mass is 10.1. The SMILES string of the molecule is COC=C(C(C)=O)c1ccncc1. The number of hydrogen-bond acceptors (Lipinski definition) is 3. The normalized spacial score (nSPS) is 11.1. The monoisotopic (exact) mass is 177 g/mol. The van der Waals surface area contributed by atoms with E-state index in [1.165, 1.54) is 20.3 Å². The number of ketones is 1. The van der Waals surface area contributed by atoms with E-state index in [1.807, 2.05) is 0 Å². The van der Waals surface area contributed by atoms with E-state index in [-0.39, 0.29) is 5.78 Å². The van der Waals surface area contributed by atoms with E-state index in [1.54, 1.807) is 24.5 Å². The van der Waals surface area contributed by atoms with Gasteiger partial charge in [0.15, 0.2) is 5.78 Å². The number of nitrogens with zero attached hydrogens (tertiary/aromatic N) is 1. The van der Waals surface area contributed by atoms with Gasteiger partial charge in [-0.3, -0.25) is 9.78 Å². The lowest BCUT2D eigenvalue weighted by Crippen LogP contribution is -1.96. The Morgan fingerprint density at radius 3 is 2.54 bits per heavy atom. The van der Waals surface area contributed by atoms with E-state index in [0.717, 1.165) is 5.56 Å². The van der Waals surface area contributed by atoms with Crippen molar-refractivity contribution in [1.29, 1.82) is 0 Å². The van der Waals surface area contributed by atoms with Crippen LogP contribution in [0, 0.1) is 0 Å². The smallest absolute Gasteiger partial charge is 0.163 e. The molecule has 1 aromatic rings. The number of hydrogen-bond donors (Lipinski definition) is 0. The molecule has 0 radical (unpaired) electrons. The zero-order valence-electron chi connectivity index (χ0n) is 7.65. The van der Waals surface area contributed by atoms with E-state index in [4.69, 9.17) is 4.74 Å². The Labute approximate surface area is 77.1 Å². The van der Waals surface area contributed by atoms with Gasteiger partial charge in [0, 0.05) is 12.4 Å². The van der Waals surface area contributed by atoms with Crippen LogP contribution in [0.15, 0.2) is 30.8 Å². The Balaban J connectivity index is 3.03. The predicted molar refractivity (Wildman–Crippen MR) is 49.9 cm³/mol. The molecule has 0 saturated heterocycles. The van der Waals surface area contributed by atoms with Gasteiger partial charge in [0.1, 0.15) is 0 Å². The van der Waals surface area contributed by atoms with Crippen LogP contribution in [0.25, 0.3) is 5.57 Å². The number of carbonyl (C=O) groups is 1. The quantitative estimate of drug-likeness (QED) is 0.520. The summed E-state index contributed by atoms with van der Waals surface area (Å²) in [6, 6.07) is 3.54. The molecular weight excluding hydrogens is 166 g/mol. The van der Waals surface area contributed by atoms with Crippen LogP contribution in [0.3, 0.4) is 0 Å². The fraction of sp³-hybridized carbons (Fsp3) is 0.200. The number of aromatic nitrogens is 1. The van der Waals surface area contributed by atoms with Crippen LogP contribution in [0.2, 0.25) is 0 Å². The largest absolute Gasteiger partial charge is 0.504 e. The third-order valence-corrected chi connectivity index (χ3v) is 1.61. The molecule has 0 fully saturated rings. The van der Waals surface area contributed by atoms with E-state index in [9.17, 15) is 4.79 Å². The molecular formula is C10H11NO2. The van der Waals surface area contributed by atoms with Crippen LogP contribution < -0.4 is 0 Å². The van der Waals surface area contributed by atoms with Crippen molar-refractivity contribution < 1.29 is 9.53 Å². The van der Waals surface area contributed by atoms with Crippen LogP contribution in [-0.2, 0) is 9.53 Å². The number of allylic oxidation sites excluding steroid dienone is 1. The summed E-state index contributed by atoms with van der Waals surface area (Å²) in [4.78, 5) is 15.0. The second-order valence-corrected chi connectivity index (χ2v) is 2.56. The zero-order chi connectivity index (χ0) is 9.68. The van der Waals surface area contributed by atoms with Crippen molar-refractivity contribution in [3.8, 4) is 0 Å². The van der Waals surface area contributed by atoms with Gasteiger partial charge in [-0.2, -0.15) is 0 Å². The van der Waals surface area contributed by atoms with Crippen molar-refractivity contribution in [3.63, 3.8) is 0 Å². The lowest BCUT2D eigenvalue weighted by Gasteiger charge is -2.01. The zero-order valence-corrected chi connectivity index (χ0v) is 7.65. The molecule has 0 aliphatic carbocycles. The summed E-state index contributed by atoms with van der Waals surface area (Å²) in [6.45, 7) is 1.51. The molecule has 13 heavy (non-hydrogen) atoms. The summed E-state index contributed by atoms with van der Waals surface area (Å²) in [5.41, 5.74) is 1.38. The second-order valence-electron chi connectivity index (χ2n) is 2.56. The van der Waals surface area contributed by atoms with Gasteiger partial charge >= 0.3 is 0 Å². The highest BCUT2D eigenvalue weighted by Gasteiger charge is 2.06.